The molecule has 7 heteroatoms. The number of urea groups is 1. The lowest BCUT2D eigenvalue weighted by molar-refractivity contribution is -0.0504. The Morgan fingerprint density at radius 2 is 2.30 bits per heavy atom. The maximum absolute atomic E-state index is 12.4. The molecule has 0 bridgehead atoms. The van der Waals surface area contributed by atoms with Crippen LogP contribution < -0.4 is 10.1 Å². The summed E-state index contributed by atoms with van der Waals surface area (Å²) < 4.78 is 29.3. The summed E-state index contributed by atoms with van der Waals surface area (Å²) in [5.74, 6) is 0.170. The Labute approximate surface area is 134 Å². The largest absolute Gasteiger partial charge is 0.434 e. The van der Waals surface area contributed by atoms with Crippen molar-refractivity contribution in [2.45, 2.75) is 32.9 Å². The Hall–Kier alpha value is -1.89. The van der Waals surface area contributed by atoms with Gasteiger partial charge in [-0.15, -0.1) is 0 Å². The summed E-state index contributed by atoms with van der Waals surface area (Å²) in [6.07, 6.45) is 1.76. The van der Waals surface area contributed by atoms with E-state index in [0.717, 1.165) is 18.4 Å². The van der Waals surface area contributed by atoms with Gasteiger partial charge in [-0.2, -0.15) is 8.78 Å². The van der Waals surface area contributed by atoms with Crippen LogP contribution in [-0.4, -0.2) is 42.3 Å². The molecule has 1 heterocycles. The van der Waals surface area contributed by atoms with Crippen molar-refractivity contribution >= 4 is 6.03 Å². The third-order valence-corrected chi connectivity index (χ3v) is 3.93. The molecule has 23 heavy (non-hydrogen) atoms. The van der Waals surface area contributed by atoms with E-state index in [0.29, 0.717) is 18.7 Å². The average Bonchev–Trinajstić information content (AvgIpc) is 2.54. The van der Waals surface area contributed by atoms with Gasteiger partial charge in [0.15, 0.2) is 0 Å². The van der Waals surface area contributed by atoms with Gasteiger partial charge < -0.3 is 20.1 Å². The van der Waals surface area contributed by atoms with E-state index in [1.165, 1.54) is 6.07 Å². The van der Waals surface area contributed by atoms with Gasteiger partial charge in [0.1, 0.15) is 5.75 Å². The molecule has 1 fully saturated rings. The van der Waals surface area contributed by atoms with Crippen molar-refractivity contribution in [3.63, 3.8) is 0 Å². The van der Waals surface area contributed by atoms with E-state index in [1.54, 1.807) is 17.0 Å². The number of amides is 2. The minimum Gasteiger partial charge on any atom is -0.434 e. The summed E-state index contributed by atoms with van der Waals surface area (Å²) in [6.45, 7) is 0.261. The van der Waals surface area contributed by atoms with Crippen LogP contribution in [0.15, 0.2) is 18.2 Å². The topological polar surface area (TPSA) is 61.8 Å². The number of hydrogen-bond acceptors (Lipinski definition) is 3. The fourth-order valence-electron chi connectivity index (χ4n) is 2.74. The summed E-state index contributed by atoms with van der Waals surface area (Å²) >= 11 is 0. The average molecular weight is 328 g/mol. The van der Waals surface area contributed by atoms with E-state index in [2.05, 4.69) is 10.1 Å². The van der Waals surface area contributed by atoms with Crippen molar-refractivity contribution < 1.29 is 23.4 Å². The molecule has 0 aliphatic carbocycles. The lowest BCUT2D eigenvalue weighted by Crippen LogP contribution is -2.45. The number of rotatable bonds is 5. The number of ether oxygens (including phenoxy) is 1. The van der Waals surface area contributed by atoms with E-state index in [9.17, 15) is 18.7 Å². The number of likely N-dealkylation sites (tertiary alicyclic amines) is 1. The molecule has 0 radical (unpaired) electrons. The summed E-state index contributed by atoms with van der Waals surface area (Å²) in [7, 11) is 0. The zero-order chi connectivity index (χ0) is 16.8. The van der Waals surface area contributed by atoms with Gasteiger partial charge in [-0.05, 0) is 31.7 Å². The Balaban J connectivity index is 1.97. The monoisotopic (exact) mass is 328 g/mol. The number of piperidine rings is 1. The molecule has 0 saturated carbocycles. The minimum atomic E-state index is -2.90. The highest BCUT2D eigenvalue weighted by Gasteiger charge is 2.23. The molecule has 1 saturated heterocycles. The number of halogens is 2. The Bertz CT molecular complexity index is 540. The van der Waals surface area contributed by atoms with Crippen molar-refractivity contribution in [2.75, 3.05) is 19.7 Å². The molecule has 2 rings (SSSR count). The second-order valence-electron chi connectivity index (χ2n) is 5.79. The number of nitrogens with one attached hydrogen (secondary N) is 1. The van der Waals surface area contributed by atoms with Gasteiger partial charge in [0.2, 0.25) is 0 Å². The number of aryl methyl sites for hydroxylation is 1. The number of aliphatic hydroxyl groups excluding tert-OH is 1. The first-order valence-corrected chi connectivity index (χ1v) is 7.67. The van der Waals surface area contributed by atoms with Crippen molar-refractivity contribution in [3.05, 3.63) is 29.3 Å². The van der Waals surface area contributed by atoms with E-state index < -0.39 is 6.61 Å². The molecule has 1 aromatic carbocycles. The third-order valence-electron chi connectivity index (χ3n) is 3.93. The highest BCUT2D eigenvalue weighted by molar-refractivity contribution is 5.74. The lowest BCUT2D eigenvalue weighted by atomic mass is 9.99. The number of carbonyl (C=O) groups is 1. The normalized spacial score (nSPS) is 18.1. The first-order valence-electron chi connectivity index (χ1n) is 7.67. The quantitative estimate of drug-likeness (QED) is 0.873. The van der Waals surface area contributed by atoms with Crippen LogP contribution in [0.5, 0.6) is 5.75 Å². The van der Waals surface area contributed by atoms with Crippen LogP contribution in [0.25, 0.3) is 0 Å². The minimum absolute atomic E-state index is 0.0635. The van der Waals surface area contributed by atoms with Gasteiger partial charge in [0, 0.05) is 31.8 Å². The van der Waals surface area contributed by atoms with Gasteiger partial charge in [-0.1, -0.05) is 17.7 Å². The molecule has 2 N–H and O–H groups in total. The molecule has 0 spiro atoms. The van der Waals surface area contributed by atoms with Gasteiger partial charge in [0.05, 0.1) is 0 Å². The number of carbonyl (C=O) groups excluding carboxylic acids is 1. The van der Waals surface area contributed by atoms with Crippen molar-refractivity contribution in [1.29, 1.82) is 0 Å². The van der Waals surface area contributed by atoms with Crippen LogP contribution in [0, 0.1) is 12.8 Å². The van der Waals surface area contributed by atoms with Gasteiger partial charge in [0.25, 0.3) is 0 Å². The maximum Gasteiger partial charge on any atom is 0.387 e. The number of benzene rings is 1. The molecule has 1 aromatic rings. The molecular weight excluding hydrogens is 306 g/mol. The second kappa shape index (κ2) is 8.10. The van der Waals surface area contributed by atoms with E-state index in [-0.39, 0.29) is 30.9 Å². The third kappa shape index (κ3) is 5.06. The molecule has 128 valence electrons. The van der Waals surface area contributed by atoms with Gasteiger partial charge in [-0.25, -0.2) is 4.79 Å². The predicted octanol–water partition coefficient (Wildman–Crippen LogP) is 2.51. The molecule has 1 unspecified atom stereocenters. The molecule has 1 aliphatic heterocycles. The molecule has 1 aliphatic rings. The summed E-state index contributed by atoms with van der Waals surface area (Å²) in [6, 6.07) is 4.61. The SMILES string of the molecule is Cc1ccc(OC(F)F)c(CNC(=O)N2CCCC(CO)C2)c1. The summed E-state index contributed by atoms with van der Waals surface area (Å²) in [4.78, 5) is 13.8. The number of hydrogen-bond donors (Lipinski definition) is 2. The molecule has 0 aromatic heterocycles. The van der Waals surface area contributed by atoms with E-state index in [4.69, 9.17) is 0 Å². The first-order chi connectivity index (χ1) is 11.0. The van der Waals surface area contributed by atoms with Crippen molar-refractivity contribution in [3.8, 4) is 5.75 Å². The Kier molecular flexibility index (Phi) is 6.15. The molecule has 5 nitrogen and oxygen atoms in total. The van der Waals surface area contributed by atoms with Crippen LogP contribution in [0.2, 0.25) is 0 Å². The summed E-state index contributed by atoms with van der Waals surface area (Å²) in [5, 5.41) is 11.9. The van der Waals surface area contributed by atoms with Crippen LogP contribution in [0.1, 0.15) is 24.0 Å². The Morgan fingerprint density at radius 3 is 3.00 bits per heavy atom. The fourth-order valence-corrected chi connectivity index (χ4v) is 2.74. The zero-order valence-electron chi connectivity index (χ0n) is 13.1. The van der Waals surface area contributed by atoms with E-state index >= 15 is 0 Å². The molecule has 1 atom stereocenters. The number of aliphatic hydroxyl groups is 1. The summed E-state index contributed by atoms with van der Waals surface area (Å²) in [5.41, 5.74) is 1.41. The fraction of sp³-hybridized carbons (Fsp3) is 0.562. The van der Waals surface area contributed by atoms with Gasteiger partial charge in [-0.3, -0.25) is 0 Å². The highest BCUT2D eigenvalue weighted by Crippen LogP contribution is 2.22. The molecular formula is C16H22F2N2O3. The standard InChI is InChI=1S/C16H22F2N2O3/c1-11-4-5-14(23-15(17)18)13(7-11)8-19-16(22)20-6-2-3-12(9-20)10-21/h4-5,7,12,15,21H,2-3,6,8-10H2,1H3,(H,19,22). The van der Waals surface area contributed by atoms with Crippen molar-refractivity contribution in [1.82, 2.24) is 10.2 Å². The number of nitrogens with zero attached hydrogens (tertiary/aromatic N) is 1. The smallest absolute Gasteiger partial charge is 0.387 e. The first kappa shape index (κ1) is 17.5. The van der Waals surface area contributed by atoms with Gasteiger partial charge >= 0.3 is 12.6 Å². The van der Waals surface area contributed by atoms with Crippen LogP contribution in [-0.2, 0) is 6.54 Å². The van der Waals surface area contributed by atoms with Crippen molar-refractivity contribution in [2.24, 2.45) is 5.92 Å². The van der Waals surface area contributed by atoms with E-state index in [1.807, 2.05) is 6.92 Å². The van der Waals surface area contributed by atoms with Crippen LogP contribution in [0.3, 0.4) is 0 Å². The highest BCUT2D eigenvalue weighted by atomic mass is 19.3. The maximum atomic E-state index is 12.4. The number of alkyl halides is 2. The van der Waals surface area contributed by atoms with Crippen LogP contribution >= 0.6 is 0 Å². The predicted molar refractivity (Wildman–Crippen MR) is 81.4 cm³/mol. The molecule has 2 amide bonds. The zero-order valence-corrected chi connectivity index (χ0v) is 13.1. The second-order valence-corrected chi connectivity index (χ2v) is 5.79. The Morgan fingerprint density at radius 1 is 1.52 bits per heavy atom. The lowest BCUT2D eigenvalue weighted by Gasteiger charge is -2.31. The van der Waals surface area contributed by atoms with Crippen LogP contribution in [0.4, 0.5) is 13.6 Å².